The summed E-state index contributed by atoms with van der Waals surface area (Å²) >= 11 is 0. The molecule has 0 atom stereocenters. The molecule has 4 aromatic carbocycles. The Balaban J connectivity index is 0.000000280. The van der Waals surface area contributed by atoms with Crippen LogP contribution < -0.4 is 28.4 Å². The van der Waals surface area contributed by atoms with Gasteiger partial charge in [0.2, 0.25) is 0 Å². The Morgan fingerprint density at radius 1 is 0.308 bits per heavy atom. The molecule has 268 valence electrons. The molecule has 0 aromatic heterocycles. The van der Waals surface area contributed by atoms with E-state index in [0.717, 1.165) is 11.1 Å². The highest BCUT2D eigenvalue weighted by atomic mass is 16.6. The summed E-state index contributed by atoms with van der Waals surface area (Å²) in [5.74, 6) is -0.609. The summed E-state index contributed by atoms with van der Waals surface area (Å²) in [6.45, 7) is 7.84. The molecule has 0 aliphatic heterocycles. The second-order valence-corrected chi connectivity index (χ2v) is 10.8. The van der Waals surface area contributed by atoms with Crippen molar-refractivity contribution in [2.45, 2.75) is 41.5 Å². The van der Waals surface area contributed by atoms with Crippen LogP contribution in [0, 0.1) is 0 Å². The van der Waals surface area contributed by atoms with E-state index < -0.39 is 23.9 Å². The Morgan fingerprint density at radius 2 is 0.519 bits per heavy atom. The van der Waals surface area contributed by atoms with E-state index >= 15 is 0 Å². The van der Waals surface area contributed by atoms with Gasteiger partial charge in [0.15, 0.2) is 0 Å². The molecule has 0 radical (unpaired) electrons. The first kappa shape index (κ1) is 39.6. The van der Waals surface area contributed by atoms with Gasteiger partial charge in [-0.3, -0.25) is 28.8 Å². The Bertz CT molecular complexity index is 1770. The summed E-state index contributed by atoms with van der Waals surface area (Å²) in [7, 11) is 0. The molecule has 0 aliphatic carbocycles. The fourth-order valence-corrected chi connectivity index (χ4v) is 4.29. The van der Waals surface area contributed by atoms with Gasteiger partial charge in [0.1, 0.15) is 34.5 Å². The average molecular weight is 709 g/mol. The highest BCUT2D eigenvalue weighted by Gasteiger charge is 2.08. The van der Waals surface area contributed by atoms with E-state index in [2.05, 4.69) is 0 Å². The summed E-state index contributed by atoms with van der Waals surface area (Å²) in [5.41, 5.74) is 3.11. The van der Waals surface area contributed by atoms with Gasteiger partial charge in [0.25, 0.3) is 0 Å². The third kappa shape index (κ3) is 15.2. The molecule has 52 heavy (non-hydrogen) atoms. The summed E-state index contributed by atoms with van der Waals surface area (Å²) in [5, 5.41) is 0. The van der Waals surface area contributed by atoms with Gasteiger partial charge < -0.3 is 28.4 Å². The van der Waals surface area contributed by atoms with E-state index in [4.69, 9.17) is 28.4 Å². The van der Waals surface area contributed by atoms with Crippen LogP contribution in [0.4, 0.5) is 0 Å². The quantitative estimate of drug-likeness (QED) is 0.0923. The van der Waals surface area contributed by atoms with E-state index in [1.165, 1.54) is 53.7 Å². The highest BCUT2D eigenvalue weighted by molar-refractivity contribution is 5.77. The summed E-state index contributed by atoms with van der Waals surface area (Å²) in [4.78, 5) is 66.5. The lowest BCUT2D eigenvalue weighted by Crippen LogP contribution is -2.04. The maximum absolute atomic E-state index is 11.2. The number of esters is 6. The van der Waals surface area contributed by atoms with Gasteiger partial charge in [0, 0.05) is 53.7 Å². The Morgan fingerprint density at radius 3 is 0.750 bits per heavy atom. The van der Waals surface area contributed by atoms with Crippen LogP contribution in [-0.4, -0.2) is 35.8 Å². The van der Waals surface area contributed by atoms with Gasteiger partial charge in [-0.1, -0.05) is 48.6 Å². The summed E-state index contributed by atoms with van der Waals surface area (Å²) in [6, 6.07) is 23.4. The number of hydrogen-bond acceptors (Lipinski definition) is 12. The van der Waals surface area contributed by atoms with Crippen molar-refractivity contribution in [2.24, 2.45) is 0 Å². The Kier molecular flexibility index (Phi) is 14.8. The lowest BCUT2D eigenvalue weighted by Gasteiger charge is -2.07. The minimum atomic E-state index is -0.471. The minimum Gasteiger partial charge on any atom is -0.427 e. The molecule has 0 N–H and O–H groups in total. The van der Waals surface area contributed by atoms with Gasteiger partial charge >= 0.3 is 35.8 Å². The molecule has 0 fully saturated rings. The first-order valence-electron chi connectivity index (χ1n) is 15.6. The van der Waals surface area contributed by atoms with Gasteiger partial charge in [-0.25, -0.2) is 0 Å². The van der Waals surface area contributed by atoms with Gasteiger partial charge in [-0.2, -0.15) is 0 Å². The van der Waals surface area contributed by atoms with Crippen LogP contribution in [-0.2, 0) is 28.8 Å². The van der Waals surface area contributed by atoms with Crippen LogP contribution in [0.3, 0.4) is 0 Å². The van der Waals surface area contributed by atoms with Crippen molar-refractivity contribution >= 4 is 60.1 Å². The normalized spacial score (nSPS) is 10.4. The van der Waals surface area contributed by atoms with Crippen LogP contribution >= 0.6 is 0 Å². The number of carbonyl (C=O) groups is 6. The first-order chi connectivity index (χ1) is 24.6. The van der Waals surface area contributed by atoms with Crippen molar-refractivity contribution in [3.05, 3.63) is 107 Å². The maximum Gasteiger partial charge on any atom is 0.308 e. The molecule has 12 nitrogen and oxygen atoms in total. The fraction of sp³-hybridized carbons (Fsp3) is 0.150. The largest absolute Gasteiger partial charge is 0.427 e. The molecule has 0 saturated heterocycles. The van der Waals surface area contributed by atoms with E-state index in [9.17, 15) is 28.8 Å². The van der Waals surface area contributed by atoms with Gasteiger partial charge in [-0.15, -0.1) is 0 Å². The number of ether oxygens (including phenoxy) is 6. The van der Waals surface area contributed by atoms with Gasteiger partial charge in [0.05, 0.1) is 0 Å². The zero-order valence-corrected chi connectivity index (χ0v) is 29.3. The second kappa shape index (κ2) is 19.4. The number of carbonyl (C=O) groups excluding carboxylic acids is 6. The summed E-state index contributed by atoms with van der Waals surface area (Å²) in [6.07, 6.45) is 7.20. The average Bonchev–Trinajstić information content (AvgIpc) is 3.02. The van der Waals surface area contributed by atoms with Gasteiger partial charge in [-0.05, 0) is 70.8 Å². The third-order valence-corrected chi connectivity index (χ3v) is 6.07. The standard InChI is InChI=1S/2C20H18O6/c2*1-13(21)24-18-8-6-16(7-9-18)4-5-17-10-19(25-14(2)22)12-20(11-17)26-15(3)23/h2*4-12H,1-3H3/b2*5-4+. The molecule has 4 aromatic rings. The predicted octanol–water partition coefficient (Wildman–Crippen LogP) is 7.27. The molecule has 4 rings (SSSR count). The predicted molar refractivity (Wildman–Crippen MR) is 191 cm³/mol. The maximum atomic E-state index is 11.2. The molecule has 0 bridgehead atoms. The Labute approximate surface area is 300 Å². The van der Waals surface area contributed by atoms with Crippen molar-refractivity contribution in [1.29, 1.82) is 0 Å². The smallest absolute Gasteiger partial charge is 0.308 e. The molecule has 0 spiro atoms. The molecule has 0 saturated carbocycles. The van der Waals surface area contributed by atoms with E-state index in [1.54, 1.807) is 84.9 Å². The SMILES string of the molecule is CC(=O)Oc1ccc(/C=C/c2cc(OC(C)=O)cc(OC(C)=O)c2)cc1.CC(=O)Oc1ccc(/C=C/c2cc(OC(C)=O)cc(OC(C)=O)c2)cc1. The second-order valence-electron chi connectivity index (χ2n) is 10.8. The lowest BCUT2D eigenvalue weighted by atomic mass is 10.1. The number of benzene rings is 4. The van der Waals surface area contributed by atoms with E-state index in [-0.39, 0.29) is 34.9 Å². The first-order valence-corrected chi connectivity index (χ1v) is 15.6. The van der Waals surface area contributed by atoms with Crippen molar-refractivity contribution < 1.29 is 57.2 Å². The molecule has 0 amide bonds. The molecule has 0 heterocycles. The molecule has 0 unspecified atom stereocenters. The molecular formula is C40H36O12. The van der Waals surface area contributed by atoms with Crippen LogP contribution in [0.25, 0.3) is 24.3 Å². The number of rotatable bonds is 10. The molecule has 12 heteroatoms. The van der Waals surface area contributed by atoms with Crippen molar-refractivity contribution in [3.8, 4) is 34.5 Å². The Hall–Kier alpha value is -6.82. The zero-order valence-electron chi connectivity index (χ0n) is 29.3. The molecular weight excluding hydrogens is 672 g/mol. The van der Waals surface area contributed by atoms with Crippen LogP contribution in [0.15, 0.2) is 84.9 Å². The van der Waals surface area contributed by atoms with E-state index in [0.29, 0.717) is 22.6 Å². The van der Waals surface area contributed by atoms with Crippen molar-refractivity contribution in [2.75, 3.05) is 0 Å². The van der Waals surface area contributed by atoms with Crippen LogP contribution in [0.1, 0.15) is 63.8 Å². The van der Waals surface area contributed by atoms with Crippen molar-refractivity contribution in [1.82, 2.24) is 0 Å². The fourth-order valence-electron chi connectivity index (χ4n) is 4.29. The van der Waals surface area contributed by atoms with E-state index in [1.807, 2.05) is 12.2 Å². The minimum absolute atomic E-state index is 0.279. The molecule has 0 aliphatic rings. The number of hydrogen-bond donors (Lipinski definition) is 0. The topological polar surface area (TPSA) is 158 Å². The highest BCUT2D eigenvalue weighted by Crippen LogP contribution is 2.27. The third-order valence-electron chi connectivity index (χ3n) is 6.07. The lowest BCUT2D eigenvalue weighted by molar-refractivity contribution is -0.133. The van der Waals surface area contributed by atoms with Crippen LogP contribution in [0.2, 0.25) is 0 Å². The summed E-state index contributed by atoms with van der Waals surface area (Å²) < 4.78 is 30.2. The monoisotopic (exact) mass is 708 g/mol. The van der Waals surface area contributed by atoms with Crippen molar-refractivity contribution in [3.63, 3.8) is 0 Å². The zero-order chi connectivity index (χ0) is 38.2. The van der Waals surface area contributed by atoms with Crippen LogP contribution in [0.5, 0.6) is 34.5 Å².